The molecule has 0 unspecified atom stereocenters. The van der Waals surface area contributed by atoms with Crippen LogP contribution in [0.3, 0.4) is 0 Å². The van der Waals surface area contributed by atoms with Crippen molar-refractivity contribution < 1.29 is 8.42 Å². The summed E-state index contributed by atoms with van der Waals surface area (Å²) in [4.78, 5) is 4.46. The summed E-state index contributed by atoms with van der Waals surface area (Å²) in [6, 6.07) is -0.278. The summed E-state index contributed by atoms with van der Waals surface area (Å²) >= 11 is 0. The molecule has 0 aliphatic heterocycles. The number of rotatable bonds is 5. The van der Waals surface area contributed by atoms with Crippen molar-refractivity contribution in [1.29, 1.82) is 0 Å². The second-order valence-corrected chi connectivity index (χ2v) is 6.90. The predicted octanol–water partition coefficient (Wildman–Crippen LogP) is 0.583. The van der Waals surface area contributed by atoms with Crippen LogP contribution in [0.5, 0.6) is 0 Å². The molecule has 0 amide bonds. The lowest BCUT2D eigenvalue weighted by Crippen LogP contribution is -2.31. The van der Waals surface area contributed by atoms with Crippen LogP contribution in [0.25, 0.3) is 0 Å². The number of imidazole rings is 1. The van der Waals surface area contributed by atoms with Gasteiger partial charge in [0.05, 0.1) is 12.2 Å². The summed E-state index contributed by atoms with van der Waals surface area (Å²) in [5, 5.41) is 3.91. The van der Waals surface area contributed by atoms with Gasteiger partial charge < -0.3 is 4.57 Å². The minimum Gasteiger partial charge on any atom is -0.337 e. The average molecular weight is 295 g/mol. The fourth-order valence-electron chi connectivity index (χ4n) is 2.24. The molecule has 3 rings (SSSR count). The zero-order valence-electron chi connectivity index (χ0n) is 11.4. The Morgan fingerprint density at radius 2 is 2.15 bits per heavy atom. The van der Waals surface area contributed by atoms with Gasteiger partial charge in [0.1, 0.15) is 10.7 Å². The van der Waals surface area contributed by atoms with E-state index in [9.17, 15) is 8.42 Å². The molecule has 20 heavy (non-hydrogen) atoms. The molecule has 2 aromatic rings. The zero-order valence-corrected chi connectivity index (χ0v) is 12.2. The Morgan fingerprint density at radius 1 is 1.40 bits per heavy atom. The fourth-order valence-corrected chi connectivity index (χ4v) is 3.48. The lowest BCUT2D eigenvalue weighted by atomic mass is 10.2. The minimum atomic E-state index is -3.57. The standard InChI is InChI=1S/C12H17N5O2S/c1-16-6-5-13-12(16)11(9-3-4-9)15-20(18,19)10-7-14-17(2)8-10/h5-9,11,15H,3-4H2,1-2H3/t11-/m0/s1. The number of hydrogen-bond acceptors (Lipinski definition) is 4. The lowest BCUT2D eigenvalue weighted by molar-refractivity contribution is 0.500. The highest BCUT2D eigenvalue weighted by Crippen LogP contribution is 2.41. The Morgan fingerprint density at radius 3 is 2.65 bits per heavy atom. The van der Waals surface area contributed by atoms with Crippen molar-refractivity contribution in [2.45, 2.75) is 23.8 Å². The van der Waals surface area contributed by atoms with Gasteiger partial charge in [-0.25, -0.2) is 18.1 Å². The van der Waals surface area contributed by atoms with Gasteiger partial charge in [-0.3, -0.25) is 4.68 Å². The molecule has 1 saturated carbocycles. The molecule has 1 aliphatic rings. The maximum atomic E-state index is 12.4. The van der Waals surface area contributed by atoms with Crippen LogP contribution < -0.4 is 4.72 Å². The largest absolute Gasteiger partial charge is 0.337 e. The molecule has 108 valence electrons. The molecule has 2 heterocycles. The van der Waals surface area contributed by atoms with Crippen molar-refractivity contribution in [1.82, 2.24) is 24.1 Å². The van der Waals surface area contributed by atoms with Crippen molar-refractivity contribution in [2.24, 2.45) is 20.0 Å². The van der Waals surface area contributed by atoms with Crippen LogP contribution in [0.2, 0.25) is 0 Å². The zero-order chi connectivity index (χ0) is 14.3. The first-order valence-electron chi connectivity index (χ1n) is 6.45. The first-order valence-corrected chi connectivity index (χ1v) is 7.94. The molecule has 7 nitrogen and oxygen atoms in total. The molecule has 0 bridgehead atoms. The van der Waals surface area contributed by atoms with Gasteiger partial charge in [-0.2, -0.15) is 5.10 Å². The van der Waals surface area contributed by atoms with Gasteiger partial charge in [-0.15, -0.1) is 0 Å². The Balaban J connectivity index is 1.89. The number of aromatic nitrogens is 4. The van der Waals surface area contributed by atoms with Gasteiger partial charge in [0, 0.05) is 32.7 Å². The van der Waals surface area contributed by atoms with Gasteiger partial charge in [0.2, 0.25) is 10.0 Å². The van der Waals surface area contributed by atoms with Crippen LogP contribution in [0, 0.1) is 5.92 Å². The monoisotopic (exact) mass is 295 g/mol. The summed E-state index contributed by atoms with van der Waals surface area (Å²) in [6.07, 6.45) is 8.39. The summed E-state index contributed by atoms with van der Waals surface area (Å²) in [7, 11) is -0.0114. The van der Waals surface area contributed by atoms with Gasteiger partial charge in [0.15, 0.2) is 0 Å². The molecular formula is C12H17N5O2S. The average Bonchev–Trinajstić information content (AvgIpc) is 2.99. The third kappa shape index (κ3) is 2.48. The Labute approximate surface area is 117 Å². The second-order valence-electron chi connectivity index (χ2n) is 5.18. The SMILES string of the molecule is Cn1cc(S(=O)(=O)N[C@H](c2nccn2C)C2CC2)cn1. The van der Waals surface area contributed by atoms with E-state index in [1.807, 2.05) is 17.8 Å². The van der Waals surface area contributed by atoms with Crippen molar-refractivity contribution in [2.75, 3.05) is 0 Å². The van der Waals surface area contributed by atoms with Crippen LogP contribution in [0.15, 0.2) is 29.7 Å². The van der Waals surface area contributed by atoms with Crippen molar-refractivity contribution >= 4 is 10.0 Å². The van der Waals surface area contributed by atoms with Gasteiger partial charge in [0.25, 0.3) is 0 Å². The normalized spacial score (nSPS) is 17.3. The van der Waals surface area contributed by atoms with Crippen LogP contribution in [-0.4, -0.2) is 27.7 Å². The molecule has 8 heteroatoms. The van der Waals surface area contributed by atoms with Crippen LogP contribution in [0.4, 0.5) is 0 Å². The third-order valence-electron chi connectivity index (χ3n) is 3.50. The number of aryl methyl sites for hydroxylation is 2. The number of nitrogens with zero attached hydrogens (tertiary/aromatic N) is 4. The van der Waals surface area contributed by atoms with E-state index < -0.39 is 10.0 Å². The van der Waals surface area contributed by atoms with Crippen molar-refractivity contribution in [3.8, 4) is 0 Å². The van der Waals surface area contributed by atoms with Gasteiger partial charge in [-0.05, 0) is 18.8 Å². The molecule has 0 radical (unpaired) electrons. The molecule has 1 atom stereocenters. The third-order valence-corrected chi connectivity index (χ3v) is 4.90. The highest BCUT2D eigenvalue weighted by atomic mass is 32.2. The molecule has 1 N–H and O–H groups in total. The molecule has 0 spiro atoms. The summed E-state index contributed by atoms with van der Waals surface area (Å²) in [6.45, 7) is 0. The second kappa shape index (κ2) is 4.71. The van der Waals surface area contributed by atoms with Crippen LogP contribution >= 0.6 is 0 Å². The summed E-state index contributed by atoms with van der Waals surface area (Å²) < 4.78 is 30.9. The highest BCUT2D eigenvalue weighted by molar-refractivity contribution is 7.89. The Hall–Kier alpha value is -1.67. The van der Waals surface area contributed by atoms with E-state index in [1.165, 1.54) is 17.1 Å². The highest BCUT2D eigenvalue weighted by Gasteiger charge is 2.37. The van der Waals surface area contributed by atoms with E-state index in [-0.39, 0.29) is 10.9 Å². The fraction of sp³-hybridized carbons (Fsp3) is 0.500. The van der Waals surface area contributed by atoms with Gasteiger partial charge in [-0.1, -0.05) is 0 Å². The van der Waals surface area contributed by atoms with Crippen LogP contribution in [-0.2, 0) is 24.1 Å². The maximum absolute atomic E-state index is 12.4. The summed E-state index contributed by atoms with van der Waals surface area (Å²) in [5.41, 5.74) is 0. The Kier molecular flexibility index (Phi) is 3.14. The van der Waals surface area contributed by atoms with Gasteiger partial charge >= 0.3 is 0 Å². The maximum Gasteiger partial charge on any atom is 0.244 e. The smallest absolute Gasteiger partial charge is 0.244 e. The molecule has 1 aliphatic carbocycles. The van der Waals surface area contributed by atoms with E-state index in [4.69, 9.17) is 0 Å². The number of nitrogens with one attached hydrogen (secondary N) is 1. The van der Waals surface area contributed by atoms with Crippen molar-refractivity contribution in [3.63, 3.8) is 0 Å². The molecule has 0 aromatic carbocycles. The molecule has 0 saturated heterocycles. The quantitative estimate of drug-likeness (QED) is 0.875. The predicted molar refractivity (Wildman–Crippen MR) is 72.2 cm³/mol. The van der Waals surface area contributed by atoms with E-state index >= 15 is 0 Å². The topological polar surface area (TPSA) is 81.8 Å². The minimum absolute atomic E-state index is 0.180. The van der Waals surface area contributed by atoms with E-state index in [2.05, 4.69) is 14.8 Å². The summed E-state index contributed by atoms with van der Waals surface area (Å²) in [5.74, 6) is 1.07. The number of sulfonamides is 1. The van der Waals surface area contributed by atoms with Crippen molar-refractivity contribution in [3.05, 3.63) is 30.6 Å². The Bertz CT molecular complexity index is 714. The first-order chi connectivity index (χ1) is 9.47. The van der Waals surface area contributed by atoms with E-state index in [0.717, 1.165) is 18.7 Å². The lowest BCUT2D eigenvalue weighted by Gasteiger charge is -2.17. The molecular weight excluding hydrogens is 278 g/mol. The van der Waals surface area contributed by atoms with Crippen LogP contribution in [0.1, 0.15) is 24.7 Å². The van der Waals surface area contributed by atoms with E-state index in [1.54, 1.807) is 13.2 Å². The first kappa shape index (κ1) is 13.3. The van der Waals surface area contributed by atoms with E-state index in [0.29, 0.717) is 5.92 Å². The molecule has 1 fully saturated rings. The molecule has 2 aromatic heterocycles. The number of hydrogen-bond donors (Lipinski definition) is 1.